The van der Waals surface area contributed by atoms with Gasteiger partial charge in [-0.15, -0.1) is 0 Å². The highest BCUT2D eigenvalue weighted by atomic mass is 16.4. The summed E-state index contributed by atoms with van der Waals surface area (Å²) in [5.41, 5.74) is 0.502. The number of para-hydroxylation sites is 1. The lowest BCUT2D eigenvalue weighted by molar-refractivity contribution is -0.143. The number of rotatable bonds is 11. The molecule has 0 saturated heterocycles. The van der Waals surface area contributed by atoms with E-state index < -0.39 is 48.5 Å². The lowest BCUT2D eigenvalue weighted by Crippen LogP contribution is -2.57. The maximum Gasteiger partial charge on any atom is 0.326 e. The molecule has 0 aliphatic carbocycles. The zero-order chi connectivity index (χ0) is 23.6. The van der Waals surface area contributed by atoms with Gasteiger partial charge >= 0.3 is 12.0 Å². The first-order chi connectivity index (χ1) is 14.5. The minimum absolute atomic E-state index is 0.0142. The molecule has 1 aromatic carbocycles. The van der Waals surface area contributed by atoms with Crippen LogP contribution >= 0.6 is 0 Å². The molecule has 31 heavy (non-hydrogen) atoms. The minimum Gasteiger partial charge on any atom is -0.480 e. The number of carbonyl (C=O) groups excluding carboxylic acids is 3. The molecule has 0 aliphatic rings. The number of aliphatic hydroxyl groups is 1. The number of carboxylic acids is 1. The Morgan fingerprint density at radius 2 is 1.45 bits per heavy atom. The van der Waals surface area contributed by atoms with Crippen molar-refractivity contribution < 1.29 is 29.4 Å². The number of urea groups is 1. The molecule has 0 fully saturated rings. The van der Waals surface area contributed by atoms with E-state index in [9.17, 15) is 29.4 Å². The number of nitrogens with one attached hydrogen (secondary N) is 4. The molecular weight excluding hydrogens is 404 g/mol. The van der Waals surface area contributed by atoms with Gasteiger partial charge in [0.15, 0.2) is 0 Å². The number of benzene rings is 1. The van der Waals surface area contributed by atoms with Gasteiger partial charge in [0.1, 0.15) is 18.1 Å². The highest BCUT2D eigenvalue weighted by Gasteiger charge is 2.30. The fraction of sp³-hybridized carbons (Fsp3) is 0.524. The molecule has 0 radical (unpaired) electrons. The van der Waals surface area contributed by atoms with E-state index in [2.05, 4.69) is 21.3 Å². The van der Waals surface area contributed by atoms with Crippen LogP contribution in [0.2, 0.25) is 0 Å². The van der Waals surface area contributed by atoms with E-state index in [-0.39, 0.29) is 18.3 Å². The summed E-state index contributed by atoms with van der Waals surface area (Å²) in [4.78, 5) is 48.8. The van der Waals surface area contributed by atoms with Crippen molar-refractivity contribution in [3.8, 4) is 0 Å². The molecule has 10 heteroatoms. The van der Waals surface area contributed by atoms with Crippen molar-refractivity contribution in [3.05, 3.63) is 30.3 Å². The van der Waals surface area contributed by atoms with Gasteiger partial charge in [-0.2, -0.15) is 0 Å². The van der Waals surface area contributed by atoms with Crippen molar-refractivity contribution in [2.75, 3.05) is 11.9 Å². The van der Waals surface area contributed by atoms with E-state index in [1.165, 1.54) is 0 Å². The minimum atomic E-state index is -1.30. The fourth-order valence-corrected chi connectivity index (χ4v) is 2.78. The zero-order valence-corrected chi connectivity index (χ0v) is 18.2. The standard InChI is InChI=1S/C21H32N4O6/c1-12(2)10-15(18(27)25-17(13(3)4)20(29)30)23-19(28)16(11-26)24-21(31)22-14-8-6-5-7-9-14/h5-9,12-13,15-17,26H,10-11H2,1-4H3,(H,23,28)(H,25,27)(H,29,30)(H2,22,24,31)/t15-,16-,17-/m0/s1. The number of hydrogen-bond acceptors (Lipinski definition) is 5. The Kier molecular flexibility index (Phi) is 10.5. The Labute approximate surface area is 181 Å². The molecule has 0 heterocycles. The van der Waals surface area contributed by atoms with Crippen molar-refractivity contribution in [1.29, 1.82) is 0 Å². The molecule has 0 bridgehead atoms. The first-order valence-corrected chi connectivity index (χ1v) is 10.1. The SMILES string of the molecule is CC(C)C[C@H](NC(=O)[C@H](CO)NC(=O)Nc1ccccc1)C(=O)N[C@H](C(=O)O)C(C)C. The molecule has 3 atom stereocenters. The van der Waals surface area contributed by atoms with Crippen LogP contribution in [0.5, 0.6) is 0 Å². The fourth-order valence-electron chi connectivity index (χ4n) is 2.78. The number of hydrogen-bond donors (Lipinski definition) is 6. The van der Waals surface area contributed by atoms with Crippen LogP contribution in [-0.4, -0.2) is 58.8 Å². The van der Waals surface area contributed by atoms with Crippen LogP contribution in [0.1, 0.15) is 34.1 Å². The summed E-state index contributed by atoms with van der Waals surface area (Å²) in [5, 5.41) is 28.7. The van der Waals surface area contributed by atoms with Gasteiger partial charge in [-0.3, -0.25) is 9.59 Å². The summed E-state index contributed by atoms with van der Waals surface area (Å²) >= 11 is 0. The van der Waals surface area contributed by atoms with Crippen LogP contribution in [-0.2, 0) is 14.4 Å². The average Bonchev–Trinajstić information content (AvgIpc) is 2.69. The molecule has 0 aromatic heterocycles. The van der Waals surface area contributed by atoms with E-state index in [0.29, 0.717) is 5.69 Å². The van der Waals surface area contributed by atoms with Crippen molar-refractivity contribution in [2.45, 2.75) is 52.2 Å². The van der Waals surface area contributed by atoms with E-state index in [0.717, 1.165) is 0 Å². The van der Waals surface area contributed by atoms with Crippen LogP contribution in [0, 0.1) is 11.8 Å². The average molecular weight is 437 g/mol. The Bertz CT molecular complexity index is 753. The Morgan fingerprint density at radius 1 is 0.871 bits per heavy atom. The summed E-state index contributed by atoms with van der Waals surface area (Å²) in [6, 6.07) is 4.41. The summed E-state index contributed by atoms with van der Waals surface area (Å²) in [7, 11) is 0. The van der Waals surface area contributed by atoms with E-state index in [1.807, 2.05) is 13.8 Å². The number of aliphatic hydroxyl groups excluding tert-OH is 1. The molecule has 10 nitrogen and oxygen atoms in total. The monoisotopic (exact) mass is 436 g/mol. The summed E-state index contributed by atoms with van der Waals surface area (Å²) in [6.45, 7) is 6.32. The topological polar surface area (TPSA) is 157 Å². The van der Waals surface area contributed by atoms with Crippen molar-refractivity contribution in [2.24, 2.45) is 11.8 Å². The molecule has 0 unspecified atom stereocenters. The van der Waals surface area contributed by atoms with Gasteiger partial charge in [0, 0.05) is 5.69 Å². The third-order valence-electron chi connectivity index (χ3n) is 4.41. The lowest BCUT2D eigenvalue weighted by Gasteiger charge is -2.26. The number of anilines is 1. The molecular formula is C21H32N4O6. The highest BCUT2D eigenvalue weighted by Crippen LogP contribution is 2.09. The van der Waals surface area contributed by atoms with Gasteiger partial charge in [0.05, 0.1) is 6.61 Å². The van der Waals surface area contributed by atoms with Gasteiger partial charge < -0.3 is 31.5 Å². The van der Waals surface area contributed by atoms with Gasteiger partial charge in [-0.1, -0.05) is 45.9 Å². The van der Waals surface area contributed by atoms with Gasteiger partial charge in [-0.05, 0) is 30.4 Å². The number of carboxylic acid groups (broad SMARTS) is 1. The summed E-state index contributed by atoms with van der Waals surface area (Å²) in [6.07, 6.45) is 0.246. The van der Waals surface area contributed by atoms with Gasteiger partial charge in [-0.25, -0.2) is 9.59 Å². The maximum atomic E-state index is 12.7. The second-order valence-electron chi connectivity index (χ2n) is 7.96. The molecule has 6 N–H and O–H groups in total. The smallest absolute Gasteiger partial charge is 0.326 e. The molecule has 1 rings (SSSR count). The summed E-state index contributed by atoms with van der Waals surface area (Å²) in [5.74, 6) is -2.92. The molecule has 0 spiro atoms. The maximum absolute atomic E-state index is 12.7. The molecule has 172 valence electrons. The second kappa shape index (κ2) is 12.5. The van der Waals surface area contributed by atoms with Crippen molar-refractivity contribution >= 4 is 29.5 Å². The quantitative estimate of drug-likeness (QED) is 0.303. The van der Waals surface area contributed by atoms with Crippen LogP contribution in [0.4, 0.5) is 10.5 Å². The second-order valence-corrected chi connectivity index (χ2v) is 7.96. The van der Waals surface area contributed by atoms with Crippen LogP contribution in [0.15, 0.2) is 30.3 Å². The third-order valence-corrected chi connectivity index (χ3v) is 4.41. The highest BCUT2D eigenvalue weighted by molar-refractivity contribution is 5.96. The van der Waals surface area contributed by atoms with Crippen molar-refractivity contribution in [1.82, 2.24) is 16.0 Å². The molecule has 4 amide bonds. The Morgan fingerprint density at radius 3 is 1.94 bits per heavy atom. The van der Waals surface area contributed by atoms with Gasteiger partial charge in [0.25, 0.3) is 0 Å². The Balaban J connectivity index is 2.81. The predicted octanol–water partition coefficient (Wildman–Crippen LogP) is 0.925. The van der Waals surface area contributed by atoms with Gasteiger partial charge in [0.2, 0.25) is 11.8 Å². The normalized spacial score (nSPS) is 13.8. The number of aliphatic carboxylic acids is 1. The van der Waals surface area contributed by atoms with Crippen LogP contribution in [0.25, 0.3) is 0 Å². The van der Waals surface area contributed by atoms with E-state index in [1.54, 1.807) is 44.2 Å². The molecule has 1 aromatic rings. The van der Waals surface area contributed by atoms with E-state index >= 15 is 0 Å². The lowest BCUT2D eigenvalue weighted by atomic mass is 10.00. The summed E-state index contributed by atoms with van der Waals surface area (Å²) < 4.78 is 0. The Hall–Kier alpha value is -3.14. The predicted molar refractivity (Wildman–Crippen MR) is 115 cm³/mol. The molecule has 0 aliphatic heterocycles. The third kappa shape index (κ3) is 9.04. The first kappa shape index (κ1) is 25.9. The zero-order valence-electron chi connectivity index (χ0n) is 18.2. The molecule has 0 saturated carbocycles. The van der Waals surface area contributed by atoms with Crippen LogP contribution < -0.4 is 21.3 Å². The van der Waals surface area contributed by atoms with Crippen LogP contribution in [0.3, 0.4) is 0 Å². The largest absolute Gasteiger partial charge is 0.480 e. The number of carbonyl (C=O) groups is 4. The van der Waals surface area contributed by atoms with E-state index in [4.69, 9.17) is 0 Å². The number of amides is 4. The first-order valence-electron chi connectivity index (χ1n) is 10.1. The van der Waals surface area contributed by atoms with Crippen molar-refractivity contribution in [3.63, 3.8) is 0 Å².